The number of benzene rings is 1. The molecular formula is C11H7F3N2O. The molecule has 0 aliphatic rings. The second kappa shape index (κ2) is 4.50. The summed E-state index contributed by atoms with van der Waals surface area (Å²) in [5.41, 5.74) is -0.663. The summed E-state index contributed by atoms with van der Waals surface area (Å²) in [6.45, 7) is 0. The van der Waals surface area contributed by atoms with E-state index >= 15 is 0 Å². The smallest absolute Gasteiger partial charge is 0.135 e. The van der Waals surface area contributed by atoms with Gasteiger partial charge in [-0.15, -0.1) is 0 Å². The van der Waals surface area contributed by atoms with Crippen molar-refractivity contribution in [2.45, 2.75) is 6.10 Å². The van der Waals surface area contributed by atoms with Crippen molar-refractivity contribution in [1.29, 1.82) is 0 Å². The average molecular weight is 240 g/mol. The molecule has 0 spiro atoms. The molecule has 0 amide bonds. The van der Waals surface area contributed by atoms with Gasteiger partial charge in [0.2, 0.25) is 0 Å². The molecule has 1 aromatic carbocycles. The molecule has 0 bridgehead atoms. The summed E-state index contributed by atoms with van der Waals surface area (Å²) in [4.78, 5) is 7.39. The van der Waals surface area contributed by atoms with Crippen molar-refractivity contribution in [3.05, 3.63) is 59.4 Å². The molecule has 0 fully saturated rings. The lowest BCUT2D eigenvalue weighted by Gasteiger charge is -2.11. The van der Waals surface area contributed by atoms with Crippen LogP contribution in [-0.4, -0.2) is 15.1 Å². The Morgan fingerprint density at radius 3 is 2.24 bits per heavy atom. The van der Waals surface area contributed by atoms with Gasteiger partial charge in [0.05, 0.1) is 17.5 Å². The second-order valence-corrected chi connectivity index (χ2v) is 3.32. The number of rotatable bonds is 2. The normalized spacial score (nSPS) is 12.5. The second-order valence-electron chi connectivity index (χ2n) is 3.32. The molecule has 1 N–H and O–H groups in total. The molecule has 0 radical (unpaired) electrons. The summed E-state index contributed by atoms with van der Waals surface area (Å²) in [6, 6.07) is 0.996. The lowest BCUT2D eigenvalue weighted by atomic mass is 10.1. The predicted octanol–water partition coefficient (Wildman–Crippen LogP) is 1.98. The highest BCUT2D eigenvalue weighted by atomic mass is 19.1. The number of aromatic nitrogens is 2. The van der Waals surface area contributed by atoms with E-state index in [9.17, 15) is 18.3 Å². The quantitative estimate of drug-likeness (QED) is 0.872. The van der Waals surface area contributed by atoms with Gasteiger partial charge >= 0.3 is 0 Å². The molecule has 1 heterocycles. The maximum absolute atomic E-state index is 13.4. The number of aliphatic hydroxyl groups is 1. The van der Waals surface area contributed by atoms with Crippen LogP contribution in [0.25, 0.3) is 0 Å². The summed E-state index contributed by atoms with van der Waals surface area (Å²) in [7, 11) is 0. The van der Waals surface area contributed by atoms with E-state index in [4.69, 9.17) is 0 Å². The summed E-state index contributed by atoms with van der Waals surface area (Å²) >= 11 is 0. The van der Waals surface area contributed by atoms with Crippen molar-refractivity contribution in [1.82, 2.24) is 9.97 Å². The first-order valence-corrected chi connectivity index (χ1v) is 4.68. The highest BCUT2D eigenvalue weighted by Crippen LogP contribution is 2.25. The molecule has 1 unspecified atom stereocenters. The van der Waals surface area contributed by atoms with Crippen LogP contribution in [0.3, 0.4) is 0 Å². The molecule has 6 heteroatoms. The van der Waals surface area contributed by atoms with Crippen LogP contribution in [0.1, 0.15) is 17.4 Å². The van der Waals surface area contributed by atoms with Gasteiger partial charge in [0.1, 0.15) is 23.6 Å². The van der Waals surface area contributed by atoms with Crippen LogP contribution in [0.15, 0.2) is 30.7 Å². The zero-order valence-electron chi connectivity index (χ0n) is 8.44. The predicted molar refractivity (Wildman–Crippen MR) is 52.4 cm³/mol. The van der Waals surface area contributed by atoms with Crippen molar-refractivity contribution >= 4 is 0 Å². The maximum atomic E-state index is 13.4. The molecule has 2 aromatic rings. The Hall–Kier alpha value is -1.95. The third-order valence-corrected chi connectivity index (χ3v) is 2.18. The largest absolute Gasteiger partial charge is 0.382 e. The van der Waals surface area contributed by atoms with Crippen LogP contribution >= 0.6 is 0 Å². The van der Waals surface area contributed by atoms with Crippen molar-refractivity contribution in [3.63, 3.8) is 0 Å². The van der Waals surface area contributed by atoms with Crippen molar-refractivity contribution in [3.8, 4) is 0 Å². The SMILES string of the molecule is OC(c1cnccn1)c1c(F)cc(F)cc1F. The third kappa shape index (κ3) is 2.26. The van der Waals surface area contributed by atoms with Gasteiger partial charge < -0.3 is 5.11 Å². The standard InChI is InChI=1S/C11H7F3N2O/c12-6-3-7(13)10(8(14)4-6)11(17)9-5-15-1-2-16-9/h1-5,11,17H. The first kappa shape index (κ1) is 11.5. The molecule has 3 nitrogen and oxygen atoms in total. The molecule has 0 aliphatic carbocycles. The molecule has 88 valence electrons. The first-order valence-electron chi connectivity index (χ1n) is 4.68. The molecule has 1 atom stereocenters. The minimum atomic E-state index is -1.62. The Bertz CT molecular complexity index is 510. The zero-order valence-corrected chi connectivity index (χ0v) is 8.44. The average Bonchev–Trinajstić information content (AvgIpc) is 2.28. The van der Waals surface area contributed by atoms with Crippen molar-refractivity contribution < 1.29 is 18.3 Å². The summed E-state index contributed by atoms with van der Waals surface area (Å²) in [6.07, 6.45) is 2.18. The lowest BCUT2D eigenvalue weighted by molar-refractivity contribution is 0.203. The van der Waals surface area contributed by atoms with Gasteiger partial charge in [-0.05, 0) is 0 Å². The van der Waals surface area contributed by atoms with Crippen LogP contribution in [0.4, 0.5) is 13.2 Å². The lowest BCUT2D eigenvalue weighted by Crippen LogP contribution is -2.08. The van der Waals surface area contributed by atoms with Gasteiger partial charge in [-0.25, -0.2) is 13.2 Å². The van der Waals surface area contributed by atoms with Crippen molar-refractivity contribution in [2.75, 3.05) is 0 Å². The molecule has 2 rings (SSSR count). The highest BCUT2D eigenvalue weighted by Gasteiger charge is 2.21. The monoisotopic (exact) mass is 240 g/mol. The maximum Gasteiger partial charge on any atom is 0.135 e. The van der Waals surface area contributed by atoms with Crippen LogP contribution in [0.2, 0.25) is 0 Å². The van der Waals surface area contributed by atoms with Gasteiger partial charge in [-0.2, -0.15) is 0 Å². The molecule has 0 saturated carbocycles. The van der Waals surface area contributed by atoms with E-state index in [0.717, 1.165) is 0 Å². The molecule has 0 aliphatic heterocycles. The fraction of sp³-hybridized carbons (Fsp3) is 0.0909. The van der Waals surface area contributed by atoms with Crippen LogP contribution in [-0.2, 0) is 0 Å². The van der Waals surface area contributed by atoms with E-state index in [2.05, 4.69) is 9.97 Å². The molecule has 0 saturated heterocycles. The van der Waals surface area contributed by atoms with Crippen molar-refractivity contribution in [2.24, 2.45) is 0 Å². The highest BCUT2D eigenvalue weighted by molar-refractivity contribution is 5.28. The first-order chi connectivity index (χ1) is 8.09. The molecular weight excluding hydrogens is 233 g/mol. The Labute approximate surface area is 94.6 Å². The Kier molecular flexibility index (Phi) is 3.06. The van der Waals surface area contributed by atoms with E-state index in [1.165, 1.54) is 18.6 Å². The van der Waals surface area contributed by atoms with Gasteiger partial charge in [0.25, 0.3) is 0 Å². The van der Waals surface area contributed by atoms with Crippen LogP contribution in [0, 0.1) is 17.5 Å². The van der Waals surface area contributed by atoms with Gasteiger partial charge in [-0.3, -0.25) is 9.97 Å². The Balaban J connectivity index is 2.48. The number of hydrogen-bond donors (Lipinski definition) is 1. The summed E-state index contributed by atoms with van der Waals surface area (Å²) < 4.78 is 39.4. The van der Waals surface area contributed by atoms with Crippen LogP contribution in [0.5, 0.6) is 0 Å². The van der Waals surface area contributed by atoms with E-state index in [1.807, 2.05) is 0 Å². The fourth-order valence-electron chi connectivity index (χ4n) is 1.41. The minimum absolute atomic E-state index is 0.0168. The molecule has 17 heavy (non-hydrogen) atoms. The summed E-state index contributed by atoms with van der Waals surface area (Å²) in [5, 5.41) is 9.74. The fourth-order valence-corrected chi connectivity index (χ4v) is 1.41. The van der Waals surface area contributed by atoms with Crippen LogP contribution < -0.4 is 0 Å². The Morgan fingerprint density at radius 2 is 1.71 bits per heavy atom. The van der Waals surface area contributed by atoms with Gasteiger partial charge in [0.15, 0.2) is 0 Å². The van der Waals surface area contributed by atoms with Gasteiger partial charge in [-0.1, -0.05) is 0 Å². The van der Waals surface area contributed by atoms with Gasteiger partial charge in [0, 0.05) is 24.5 Å². The number of hydrogen-bond acceptors (Lipinski definition) is 3. The summed E-state index contributed by atoms with van der Waals surface area (Å²) in [5.74, 6) is -3.38. The number of nitrogens with zero attached hydrogens (tertiary/aromatic N) is 2. The topological polar surface area (TPSA) is 46.0 Å². The van der Waals surface area contributed by atoms with E-state index in [1.54, 1.807) is 0 Å². The minimum Gasteiger partial charge on any atom is -0.382 e. The molecule has 1 aromatic heterocycles. The number of halogens is 3. The van der Waals surface area contributed by atoms with E-state index in [0.29, 0.717) is 12.1 Å². The van der Waals surface area contributed by atoms with E-state index < -0.39 is 29.1 Å². The zero-order chi connectivity index (χ0) is 12.4. The Morgan fingerprint density at radius 1 is 1.06 bits per heavy atom. The van der Waals surface area contributed by atoms with E-state index in [-0.39, 0.29) is 5.69 Å². The number of aliphatic hydroxyl groups excluding tert-OH is 1. The third-order valence-electron chi connectivity index (χ3n) is 2.18.